The van der Waals surface area contributed by atoms with Gasteiger partial charge in [-0.05, 0) is 49.4 Å². The van der Waals surface area contributed by atoms with Gasteiger partial charge in [-0.1, -0.05) is 46.8 Å². The minimum atomic E-state index is -3.64. The van der Waals surface area contributed by atoms with Gasteiger partial charge in [0.15, 0.2) is 5.79 Å². The molecule has 220 valence electrons. The summed E-state index contributed by atoms with van der Waals surface area (Å²) in [5, 5.41) is 10.0. The van der Waals surface area contributed by atoms with Gasteiger partial charge in [0, 0.05) is 24.6 Å². The highest BCUT2D eigenvalue weighted by Crippen LogP contribution is 2.39. The predicted molar refractivity (Wildman–Crippen MR) is 153 cm³/mol. The highest BCUT2D eigenvalue weighted by atomic mass is 32.2. The van der Waals surface area contributed by atoms with Crippen LogP contribution in [0.25, 0.3) is 17.3 Å². The van der Waals surface area contributed by atoms with Gasteiger partial charge < -0.3 is 14.6 Å². The highest BCUT2D eigenvalue weighted by Gasteiger charge is 2.45. The van der Waals surface area contributed by atoms with Crippen LogP contribution in [0.5, 0.6) is 0 Å². The Morgan fingerprint density at radius 2 is 1.77 bits per heavy atom. The van der Waals surface area contributed by atoms with Crippen LogP contribution in [-0.2, 0) is 24.3 Å². The maximum absolute atomic E-state index is 13.8. The van der Waals surface area contributed by atoms with E-state index in [0.717, 1.165) is 10.6 Å². The Kier molecular flexibility index (Phi) is 9.13. The number of hydrogen-bond donors (Lipinski definition) is 1. The molecule has 1 aromatic carbocycles. The third-order valence-corrected chi connectivity index (χ3v) is 7.95. The van der Waals surface area contributed by atoms with E-state index in [4.69, 9.17) is 9.47 Å². The largest absolute Gasteiger partial charge is 0.481 e. The Morgan fingerprint density at radius 3 is 2.27 bits per heavy atom. The van der Waals surface area contributed by atoms with Gasteiger partial charge >= 0.3 is 5.97 Å². The lowest BCUT2D eigenvalue weighted by Gasteiger charge is -2.44. The van der Waals surface area contributed by atoms with E-state index in [0.29, 0.717) is 28.9 Å². The molecule has 9 nitrogen and oxygen atoms in total. The monoisotopic (exact) mass is 577 g/mol. The zero-order valence-corrected chi connectivity index (χ0v) is 25.4. The Bertz CT molecular complexity index is 1370. The first kappa shape index (κ1) is 31.6. The Labute approximate surface area is 236 Å². The van der Waals surface area contributed by atoms with Crippen molar-refractivity contribution < 1.29 is 32.2 Å². The molecular weight excluding hydrogens is 537 g/mol. The van der Waals surface area contributed by atoms with Gasteiger partial charge in [0.05, 0.1) is 35.8 Å². The number of anilines is 1. The molecule has 0 radical (unpaired) electrons. The van der Waals surface area contributed by atoms with Gasteiger partial charge in [0.25, 0.3) is 0 Å². The normalized spacial score (nSPS) is 20.6. The van der Waals surface area contributed by atoms with Crippen LogP contribution in [0.2, 0.25) is 0 Å². The average Bonchev–Trinajstić information content (AvgIpc) is 2.79. The van der Waals surface area contributed by atoms with E-state index < -0.39 is 51.1 Å². The van der Waals surface area contributed by atoms with Gasteiger partial charge in [0.2, 0.25) is 16.0 Å². The molecule has 1 N–H and O–H groups in total. The molecule has 3 rings (SSSR count). The molecule has 1 fully saturated rings. The number of sulfonamides is 1. The van der Waals surface area contributed by atoms with E-state index in [9.17, 15) is 22.7 Å². The molecule has 1 aliphatic rings. The van der Waals surface area contributed by atoms with Gasteiger partial charge in [-0.25, -0.2) is 27.1 Å². The maximum Gasteiger partial charge on any atom is 0.309 e. The molecule has 1 aromatic heterocycles. The fraction of sp³-hybridized carbons (Fsp3) is 0.552. The summed E-state index contributed by atoms with van der Waals surface area (Å²) >= 11 is 0. The average molecular weight is 578 g/mol. The van der Waals surface area contributed by atoms with E-state index in [1.54, 1.807) is 26.0 Å². The van der Waals surface area contributed by atoms with Gasteiger partial charge in [0.1, 0.15) is 5.82 Å². The summed E-state index contributed by atoms with van der Waals surface area (Å²) in [5.74, 6) is -3.26. The number of benzene rings is 1. The first-order chi connectivity index (χ1) is 18.3. The summed E-state index contributed by atoms with van der Waals surface area (Å²) in [6.45, 7) is 13.0. The molecule has 1 aliphatic heterocycles. The molecule has 2 aromatic rings. The lowest BCUT2D eigenvalue weighted by molar-refractivity contribution is -0.302. The number of aromatic nitrogens is 2. The molecule has 3 atom stereocenters. The number of nitrogens with zero attached hydrogens (tertiary/aromatic N) is 3. The van der Waals surface area contributed by atoms with E-state index in [2.05, 4.69) is 9.97 Å². The van der Waals surface area contributed by atoms with Gasteiger partial charge in [-0.15, -0.1) is 0 Å². The molecule has 1 unspecified atom stereocenters. The van der Waals surface area contributed by atoms with E-state index in [1.807, 2.05) is 46.8 Å². The number of aliphatic carboxylic acids is 1. The van der Waals surface area contributed by atoms with Gasteiger partial charge in [-0.3, -0.25) is 4.79 Å². The van der Waals surface area contributed by atoms with E-state index >= 15 is 0 Å². The number of carboxylic acids is 1. The zero-order valence-electron chi connectivity index (χ0n) is 24.6. The minimum Gasteiger partial charge on any atom is -0.481 e. The number of rotatable bonds is 8. The van der Waals surface area contributed by atoms with Crippen molar-refractivity contribution in [3.8, 4) is 11.3 Å². The second-order valence-electron chi connectivity index (χ2n) is 12.1. The second kappa shape index (κ2) is 11.5. The lowest BCUT2D eigenvalue weighted by Crippen LogP contribution is -2.51. The maximum atomic E-state index is 13.8. The van der Waals surface area contributed by atoms with Crippen molar-refractivity contribution in [3.05, 3.63) is 47.4 Å². The van der Waals surface area contributed by atoms with Crippen LogP contribution in [0.1, 0.15) is 72.1 Å². The first-order valence-corrected chi connectivity index (χ1v) is 15.0. The van der Waals surface area contributed by atoms with Crippen molar-refractivity contribution in [2.75, 3.05) is 17.6 Å². The Morgan fingerprint density at radius 1 is 1.18 bits per heavy atom. The molecule has 2 heterocycles. The molecule has 11 heteroatoms. The van der Waals surface area contributed by atoms with Crippen LogP contribution in [0.3, 0.4) is 0 Å². The van der Waals surface area contributed by atoms with Crippen molar-refractivity contribution in [1.29, 1.82) is 0 Å². The highest BCUT2D eigenvalue weighted by molar-refractivity contribution is 7.92. The fourth-order valence-corrected chi connectivity index (χ4v) is 5.27. The Balaban J connectivity index is 2.15. The SMILES string of the molecule is CC(C)c1nc(N(C)S(C)(=O)=O)nc(-c2ccc(F)cc2)c1C=C[C@@H]1C[C@H](C(C(=O)O)C(C)(C)C)OC(C)(C)O1. The second-order valence-corrected chi connectivity index (χ2v) is 14.1. The van der Waals surface area contributed by atoms with Crippen LogP contribution >= 0.6 is 0 Å². The van der Waals surface area contributed by atoms with Crippen molar-refractivity contribution in [2.45, 2.75) is 78.8 Å². The van der Waals surface area contributed by atoms with Crippen LogP contribution in [0, 0.1) is 17.2 Å². The van der Waals surface area contributed by atoms with E-state index in [1.165, 1.54) is 19.2 Å². The lowest BCUT2D eigenvalue weighted by atomic mass is 9.75. The van der Waals surface area contributed by atoms with Crippen LogP contribution in [-0.4, -0.2) is 60.8 Å². The number of ether oxygens (including phenoxy) is 2. The molecule has 0 bridgehead atoms. The van der Waals surface area contributed by atoms with Crippen molar-refractivity contribution >= 4 is 28.0 Å². The number of carbonyl (C=O) groups is 1. The van der Waals surface area contributed by atoms with Gasteiger partial charge in [-0.2, -0.15) is 0 Å². The summed E-state index contributed by atoms with van der Waals surface area (Å²) in [6.07, 6.45) is 3.94. The first-order valence-electron chi connectivity index (χ1n) is 13.2. The molecule has 40 heavy (non-hydrogen) atoms. The van der Waals surface area contributed by atoms with Crippen LogP contribution in [0.15, 0.2) is 30.3 Å². The number of hydrogen-bond acceptors (Lipinski definition) is 7. The summed E-state index contributed by atoms with van der Waals surface area (Å²) in [6, 6.07) is 5.78. The summed E-state index contributed by atoms with van der Waals surface area (Å²) in [7, 11) is -2.26. The van der Waals surface area contributed by atoms with Crippen LogP contribution < -0.4 is 4.31 Å². The van der Waals surface area contributed by atoms with Crippen molar-refractivity contribution in [2.24, 2.45) is 11.3 Å². The van der Waals surface area contributed by atoms with Crippen molar-refractivity contribution in [3.63, 3.8) is 0 Å². The molecule has 0 aliphatic carbocycles. The molecule has 0 amide bonds. The molecule has 0 spiro atoms. The Hall–Kier alpha value is -2.89. The van der Waals surface area contributed by atoms with Crippen molar-refractivity contribution in [1.82, 2.24) is 9.97 Å². The topological polar surface area (TPSA) is 119 Å². The standard InChI is InChI=1S/C29H40FN3O6S/c1-17(2)24-21(15-14-20-16-22(39-29(6,7)38-20)23(26(34)35)28(3,4)5)25(18-10-12-19(30)13-11-18)32-27(31-24)33(8)40(9,36)37/h10-15,17,20,22-23H,16H2,1-9H3,(H,34,35)/t20-,22-,23?/m1/s1. The predicted octanol–water partition coefficient (Wildman–Crippen LogP) is 5.47. The number of halogens is 1. The minimum absolute atomic E-state index is 0.000617. The summed E-state index contributed by atoms with van der Waals surface area (Å²) in [5.41, 5.74) is 1.69. The van der Waals surface area contributed by atoms with Crippen LogP contribution in [0.4, 0.5) is 10.3 Å². The third-order valence-electron chi connectivity index (χ3n) is 6.79. The molecular formula is C29H40FN3O6S. The molecule has 0 saturated carbocycles. The zero-order chi connectivity index (χ0) is 30.2. The smallest absolute Gasteiger partial charge is 0.309 e. The summed E-state index contributed by atoms with van der Waals surface area (Å²) in [4.78, 5) is 21.4. The quantitative estimate of drug-likeness (QED) is 0.439. The summed E-state index contributed by atoms with van der Waals surface area (Å²) < 4.78 is 51.6. The fourth-order valence-electron chi connectivity index (χ4n) is 4.89. The molecule has 1 saturated heterocycles. The third kappa shape index (κ3) is 7.44. The van der Waals surface area contributed by atoms with E-state index in [-0.39, 0.29) is 11.9 Å². The number of carboxylic acid groups (broad SMARTS) is 1.